The molecular formula is C22H20FN5O2. The zero-order valence-corrected chi connectivity index (χ0v) is 16.5. The highest BCUT2D eigenvalue weighted by molar-refractivity contribution is 5.79. The van der Waals surface area contributed by atoms with Gasteiger partial charge < -0.3 is 10.1 Å². The van der Waals surface area contributed by atoms with Crippen molar-refractivity contribution < 1.29 is 13.9 Å². The minimum Gasteiger partial charge on any atom is -0.497 e. The van der Waals surface area contributed by atoms with E-state index in [0.717, 1.165) is 17.0 Å². The van der Waals surface area contributed by atoms with Crippen molar-refractivity contribution >= 4 is 11.6 Å². The second-order valence-corrected chi connectivity index (χ2v) is 6.83. The molecule has 2 aromatic carbocycles. The summed E-state index contributed by atoms with van der Waals surface area (Å²) in [5.74, 6) is 0.516. The Morgan fingerprint density at radius 3 is 2.70 bits per heavy atom. The molecule has 1 atom stereocenters. The highest BCUT2D eigenvalue weighted by atomic mass is 19.1. The van der Waals surface area contributed by atoms with Crippen LogP contribution in [0.25, 0.3) is 16.9 Å². The number of fused-ring (bicyclic) bond motifs is 1. The number of rotatable bonds is 6. The number of carbonyl (C=O) groups is 1. The van der Waals surface area contributed by atoms with E-state index in [1.54, 1.807) is 43.1 Å². The number of hydrogen-bond acceptors (Lipinski definition) is 5. The van der Waals surface area contributed by atoms with Gasteiger partial charge in [-0.05, 0) is 42.8 Å². The summed E-state index contributed by atoms with van der Waals surface area (Å²) in [6.45, 7) is 1.78. The summed E-state index contributed by atoms with van der Waals surface area (Å²) in [5.41, 5.74) is 2.63. The summed E-state index contributed by atoms with van der Waals surface area (Å²) in [4.78, 5) is 21.2. The number of benzene rings is 2. The van der Waals surface area contributed by atoms with Gasteiger partial charge in [0.25, 0.3) is 0 Å². The zero-order valence-electron chi connectivity index (χ0n) is 16.5. The molecule has 4 rings (SSSR count). The van der Waals surface area contributed by atoms with E-state index in [1.165, 1.54) is 6.07 Å². The van der Waals surface area contributed by atoms with Crippen LogP contribution >= 0.6 is 0 Å². The van der Waals surface area contributed by atoms with Crippen LogP contribution in [-0.4, -0.2) is 32.6 Å². The molecule has 1 N–H and O–H groups in total. The fourth-order valence-corrected chi connectivity index (χ4v) is 3.09. The lowest BCUT2D eigenvalue weighted by molar-refractivity contribution is -0.121. The van der Waals surface area contributed by atoms with Crippen molar-refractivity contribution in [3.8, 4) is 17.0 Å². The van der Waals surface area contributed by atoms with Gasteiger partial charge in [-0.25, -0.2) is 18.9 Å². The lowest BCUT2D eigenvalue weighted by Gasteiger charge is -2.10. The molecule has 4 aromatic rings. The maximum absolute atomic E-state index is 13.7. The van der Waals surface area contributed by atoms with Gasteiger partial charge >= 0.3 is 0 Å². The SMILES string of the molecule is COc1ccc(-c2cc3nc([C@H](C)NC(=O)Cc4ccccc4F)nn3cn2)cc1. The number of halogens is 1. The highest BCUT2D eigenvalue weighted by Gasteiger charge is 2.16. The first-order chi connectivity index (χ1) is 14.5. The average Bonchev–Trinajstić information content (AvgIpc) is 3.19. The number of methoxy groups -OCH3 is 1. The number of carbonyl (C=O) groups excluding carboxylic acids is 1. The Morgan fingerprint density at radius 2 is 1.97 bits per heavy atom. The van der Waals surface area contributed by atoms with E-state index in [4.69, 9.17) is 4.74 Å². The average molecular weight is 405 g/mol. The molecule has 0 spiro atoms. The van der Waals surface area contributed by atoms with Crippen LogP contribution in [0.4, 0.5) is 4.39 Å². The van der Waals surface area contributed by atoms with Crippen molar-refractivity contribution in [3.05, 3.63) is 78.1 Å². The molecule has 2 aromatic heterocycles. The molecule has 8 heteroatoms. The second-order valence-electron chi connectivity index (χ2n) is 6.83. The summed E-state index contributed by atoms with van der Waals surface area (Å²) in [6.07, 6.45) is 1.53. The third-order valence-corrected chi connectivity index (χ3v) is 4.71. The Bertz CT molecular complexity index is 1190. The highest BCUT2D eigenvalue weighted by Crippen LogP contribution is 2.21. The molecule has 0 aliphatic rings. The van der Waals surface area contributed by atoms with Crippen LogP contribution in [0.15, 0.2) is 60.9 Å². The molecule has 152 valence electrons. The van der Waals surface area contributed by atoms with Crippen LogP contribution in [0.1, 0.15) is 24.4 Å². The van der Waals surface area contributed by atoms with Gasteiger partial charge in [-0.2, -0.15) is 0 Å². The van der Waals surface area contributed by atoms with Crippen molar-refractivity contribution in [3.63, 3.8) is 0 Å². The first-order valence-electron chi connectivity index (χ1n) is 9.43. The molecule has 0 bridgehead atoms. The summed E-state index contributed by atoms with van der Waals surface area (Å²) in [7, 11) is 1.62. The predicted molar refractivity (Wildman–Crippen MR) is 109 cm³/mol. The molecule has 7 nitrogen and oxygen atoms in total. The summed E-state index contributed by atoms with van der Waals surface area (Å²) in [5, 5.41) is 7.20. The van der Waals surface area contributed by atoms with Crippen LogP contribution < -0.4 is 10.1 Å². The van der Waals surface area contributed by atoms with Gasteiger partial charge in [0.15, 0.2) is 11.5 Å². The Balaban J connectivity index is 1.49. The Labute approximate surface area is 172 Å². The zero-order chi connectivity index (χ0) is 21.1. The molecular weight excluding hydrogens is 385 g/mol. The minimum absolute atomic E-state index is 0.0481. The Kier molecular flexibility index (Phi) is 5.38. The monoisotopic (exact) mass is 405 g/mol. The predicted octanol–water partition coefficient (Wildman–Crippen LogP) is 3.36. The first-order valence-corrected chi connectivity index (χ1v) is 9.43. The first kappa shape index (κ1) is 19.5. The fourth-order valence-electron chi connectivity index (χ4n) is 3.09. The van der Waals surface area contributed by atoms with E-state index >= 15 is 0 Å². The van der Waals surface area contributed by atoms with E-state index in [9.17, 15) is 9.18 Å². The van der Waals surface area contributed by atoms with E-state index in [2.05, 4.69) is 20.4 Å². The van der Waals surface area contributed by atoms with E-state index < -0.39 is 11.9 Å². The van der Waals surface area contributed by atoms with Gasteiger partial charge in [0.2, 0.25) is 5.91 Å². The normalized spacial score (nSPS) is 12.0. The minimum atomic E-state index is -0.436. The standard InChI is InChI=1S/C22H20FN5O2/c1-14(25-21(29)11-16-5-3-4-6-18(16)23)22-26-20-12-19(24-13-28(20)27-22)15-7-9-17(30-2)10-8-15/h3-10,12-14H,11H2,1-2H3,(H,25,29)/t14-/m0/s1. The van der Waals surface area contributed by atoms with Gasteiger partial charge in [0, 0.05) is 11.6 Å². The number of nitrogens with one attached hydrogen (secondary N) is 1. The largest absolute Gasteiger partial charge is 0.497 e. The number of hydrogen-bond donors (Lipinski definition) is 1. The van der Waals surface area contributed by atoms with E-state index in [-0.39, 0.29) is 12.3 Å². The summed E-state index contributed by atoms with van der Waals surface area (Å²) >= 11 is 0. The molecule has 0 fully saturated rings. The van der Waals surface area contributed by atoms with Crippen LogP contribution in [0.5, 0.6) is 5.75 Å². The number of aromatic nitrogens is 4. The topological polar surface area (TPSA) is 81.4 Å². The lowest BCUT2D eigenvalue weighted by atomic mass is 10.1. The molecule has 30 heavy (non-hydrogen) atoms. The maximum Gasteiger partial charge on any atom is 0.225 e. The van der Waals surface area contributed by atoms with E-state index in [0.29, 0.717) is 17.0 Å². The quantitative estimate of drug-likeness (QED) is 0.532. The van der Waals surface area contributed by atoms with Crippen molar-refractivity contribution in [1.29, 1.82) is 0 Å². The third kappa shape index (κ3) is 4.12. The van der Waals surface area contributed by atoms with Crippen LogP contribution in [0, 0.1) is 5.82 Å². The van der Waals surface area contributed by atoms with Gasteiger partial charge in [0.05, 0.1) is 25.3 Å². The molecule has 0 radical (unpaired) electrons. The van der Waals surface area contributed by atoms with Crippen LogP contribution in [0.2, 0.25) is 0 Å². The Morgan fingerprint density at radius 1 is 1.20 bits per heavy atom. The Hall–Kier alpha value is -3.81. The third-order valence-electron chi connectivity index (χ3n) is 4.71. The maximum atomic E-state index is 13.7. The molecule has 1 amide bonds. The molecule has 0 saturated carbocycles. The van der Waals surface area contributed by atoms with Crippen molar-refractivity contribution in [2.75, 3.05) is 7.11 Å². The van der Waals surface area contributed by atoms with Gasteiger partial charge in [-0.3, -0.25) is 4.79 Å². The molecule has 2 heterocycles. The van der Waals surface area contributed by atoms with Gasteiger partial charge in [0.1, 0.15) is 17.9 Å². The van der Waals surface area contributed by atoms with Crippen molar-refractivity contribution in [2.45, 2.75) is 19.4 Å². The molecule has 0 aliphatic carbocycles. The van der Waals surface area contributed by atoms with E-state index in [1.807, 2.05) is 30.3 Å². The lowest BCUT2D eigenvalue weighted by Crippen LogP contribution is -2.29. The molecule has 0 unspecified atom stereocenters. The molecule has 0 aliphatic heterocycles. The summed E-state index contributed by atoms with van der Waals surface area (Å²) in [6, 6.07) is 15.2. The van der Waals surface area contributed by atoms with Gasteiger partial charge in [-0.15, -0.1) is 5.10 Å². The van der Waals surface area contributed by atoms with Gasteiger partial charge in [-0.1, -0.05) is 18.2 Å². The number of amides is 1. The van der Waals surface area contributed by atoms with Crippen molar-refractivity contribution in [1.82, 2.24) is 24.9 Å². The van der Waals surface area contributed by atoms with Crippen LogP contribution in [-0.2, 0) is 11.2 Å². The van der Waals surface area contributed by atoms with Crippen LogP contribution in [0.3, 0.4) is 0 Å². The number of nitrogens with zero attached hydrogens (tertiary/aromatic N) is 4. The second kappa shape index (κ2) is 8.28. The summed E-state index contributed by atoms with van der Waals surface area (Å²) < 4.78 is 20.5. The smallest absolute Gasteiger partial charge is 0.225 e. The van der Waals surface area contributed by atoms with Crippen molar-refractivity contribution in [2.24, 2.45) is 0 Å². The fraction of sp³-hybridized carbons (Fsp3) is 0.182. The molecule has 0 saturated heterocycles. The number of ether oxygens (including phenoxy) is 1.